The summed E-state index contributed by atoms with van der Waals surface area (Å²) in [6.45, 7) is 4.92. The van der Waals surface area contributed by atoms with Crippen LogP contribution in [-0.4, -0.2) is 96.7 Å². The minimum Gasteiger partial charge on any atom is -0.462 e. The molecule has 0 aliphatic rings. The lowest BCUT2D eigenvalue weighted by molar-refractivity contribution is -0.161. The molecule has 0 rings (SSSR count). The highest BCUT2D eigenvalue weighted by atomic mass is 31.2. The van der Waals surface area contributed by atoms with E-state index in [-0.39, 0.29) is 25.7 Å². The van der Waals surface area contributed by atoms with Crippen LogP contribution < -0.4 is 0 Å². The van der Waals surface area contributed by atoms with Crippen LogP contribution in [0.5, 0.6) is 0 Å². The number of carbonyl (C=O) groups excluding carboxylic acids is 4. The minimum absolute atomic E-state index is 0.105. The monoisotopic (exact) mass is 1380 g/mol. The van der Waals surface area contributed by atoms with Crippen molar-refractivity contribution >= 4 is 39.5 Å². The Labute approximate surface area is 575 Å². The van der Waals surface area contributed by atoms with E-state index < -0.39 is 97.5 Å². The van der Waals surface area contributed by atoms with Crippen molar-refractivity contribution in [1.82, 2.24) is 0 Å². The predicted molar refractivity (Wildman–Crippen MR) is 382 cm³/mol. The third-order valence-electron chi connectivity index (χ3n) is 17.6. The van der Waals surface area contributed by atoms with Gasteiger partial charge in [0.25, 0.3) is 0 Å². The molecule has 19 heteroatoms. The summed E-state index contributed by atoms with van der Waals surface area (Å²) in [5.74, 6) is -2.12. The SMILES string of the molecule is CCCCCCCCCCCCCCCCCCCCCC(=O)OC[C@H](COP(=O)(O)OC[C@@H](O)COP(=O)(O)OC[C@@H](COC(=O)CCCCCCCCCC)OC(=O)CCCCCCCCCC)OC(=O)CCCCCCCCCCCCCCCCCCCCC. The first kappa shape index (κ1) is 92.1. The van der Waals surface area contributed by atoms with E-state index in [1.165, 1.54) is 218 Å². The standard InChI is InChI=1S/C75H146O17P2/c1-5-9-13-17-21-25-27-29-31-33-35-37-39-41-43-45-49-52-56-60-73(78)86-66-71(92-75(80)62-58-54-50-46-44-42-40-38-36-34-32-30-28-26-22-18-14-10-6-2)68-90-94(83,84)88-64-69(76)63-87-93(81,82)89-67-70(91-74(79)61-57-53-48-24-20-16-12-8-4)65-85-72(77)59-55-51-47-23-19-15-11-7-3/h69-71,76H,5-68H2,1-4H3,(H,81,82)(H,83,84)/t69-,70+,71+/m0/s1. The van der Waals surface area contributed by atoms with E-state index in [2.05, 4.69) is 27.7 Å². The van der Waals surface area contributed by atoms with Crippen molar-refractivity contribution in [3.05, 3.63) is 0 Å². The van der Waals surface area contributed by atoms with Gasteiger partial charge in [-0.05, 0) is 25.7 Å². The average molecular weight is 1380 g/mol. The van der Waals surface area contributed by atoms with Crippen LogP contribution >= 0.6 is 15.6 Å². The maximum Gasteiger partial charge on any atom is 0.472 e. The van der Waals surface area contributed by atoms with Gasteiger partial charge < -0.3 is 33.8 Å². The maximum atomic E-state index is 13.1. The molecule has 0 aliphatic heterocycles. The fourth-order valence-electron chi connectivity index (χ4n) is 11.6. The van der Waals surface area contributed by atoms with Gasteiger partial charge in [-0.15, -0.1) is 0 Å². The van der Waals surface area contributed by atoms with Gasteiger partial charge in [0, 0.05) is 25.7 Å². The zero-order valence-electron chi connectivity index (χ0n) is 60.9. The Kier molecular flexibility index (Phi) is 68.1. The number of rotatable bonds is 76. The van der Waals surface area contributed by atoms with E-state index in [0.717, 1.165) is 103 Å². The summed E-state index contributed by atoms with van der Waals surface area (Å²) in [5.41, 5.74) is 0. The largest absolute Gasteiger partial charge is 0.472 e. The Morgan fingerprint density at radius 3 is 0.628 bits per heavy atom. The van der Waals surface area contributed by atoms with Gasteiger partial charge in [0.05, 0.1) is 26.4 Å². The molecule has 0 aromatic carbocycles. The number of aliphatic hydroxyl groups excluding tert-OH is 1. The van der Waals surface area contributed by atoms with Crippen LogP contribution in [0.4, 0.5) is 0 Å². The topological polar surface area (TPSA) is 237 Å². The Hall–Kier alpha value is -1.94. The lowest BCUT2D eigenvalue weighted by atomic mass is 10.0. The van der Waals surface area contributed by atoms with Crippen LogP contribution in [0.25, 0.3) is 0 Å². The van der Waals surface area contributed by atoms with Crippen molar-refractivity contribution < 1.29 is 80.2 Å². The number of phosphoric ester groups is 2. The molecule has 0 aromatic rings. The molecule has 0 heterocycles. The molecule has 3 N–H and O–H groups in total. The molecular formula is C75H146O17P2. The molecule has 94 heavy (non-hydrogen) atoms. The number of hydrogen-bond acceptors (Lipinski definition) is 15. The van der Waals surface area contributed by atoms with Crippen molar-refractivity contribution in [2.45, 2.75) is 418 Å². The molecule has 0 bridgehead atoms. The Morgan fingerprint density at radius 2 is 0.426 bits per heavy atom. The Morgan fingerprint density at radius 1 is 0.255 bits per heavy atom. The number of hydrogen-bond donors (Lipinski definition) is 3. The third kappa shape index (κ3) is 68.6. The highest BCUT2D eigenvalue weighted by Crippen LogP contribution is 2.45. The molecule has 0 fully saturated rings. The van der Waals surface area contributed by atoms with Gasteiger partial charge in [-0.3, -0.25) is 37.3 Å². The van der Waals surface area contributed by atoms with Crippen LogP contribution in [0.1, 0.15) is 400 Å². The molecule has 0 saturated carbocycles. The van der Waals surface area contributed by atoms with Gasteiger partial charge >= 0.3 is 39.5 Å². The number of ether oxygens (including phenoxy) is 4. The van der Waals surface area contributed by atoms with Gasteiger partial charge in [-0.1, -0.05) is 349 Å². The summed E-state index contributed by atoms with van der Waals surface area (Å²) >= 11 is 0. The highest BCUT2D eigenvalue weighted by Gasteiger charge is 2.30. The summed E-state index contributed by atoms with van der Waals surface area (Å²) in [6.07, 6.45) is 60.0. The molecule has 2 unspecified atom stereocenters. The van der Waals surface area contributed by atoms with Crippen molar-refractivity contribution in [1.29, 1.82) is 0 Å². The molecule has 0 amide bonds. The van der Waals surface area contributed by atoms with Crippen molar-refractivity contribution in [2.24, 2.45) is 0 Å². The van der Waals surface area contributed by atoms with Crippen LogP contribution in [0, 0.1) is 0 Å². The van der Waals surface area contributed by atoms with Crippen molar-refractivity contribution in [3.63, 3.8) is 0 Å². The second-order valence-corrected chi connectivity index (χ2v) is 29.9. The van der Waals surface area contributed by atoms with Crippen LogP contribution in [0.2, 0.25) is 0 Å². The molecule has 5 atom stereocenters. The Balaban J connectivity index is 5.14. The van der Waals surface area contributed by atoms with Crippen LogP contribution in [-0.2, 0) is 65.4 Å². The second-order valence-electron chi connectivity index (χ2n) is 27.0. The number of carbonyl (C=O) groups is 4. The molecule has 0 aliphatic carbocycles. The first-order chi connectivity index (χ1) is 45.7. The summed E-state index contributed by atoms with van der Waals surface area (Å²) in [4.78, 5) is 72.5. The number of aliphatic hydroxyl groups is 1. The van der Waals surface area contributed by atoms with E-state index in [4.69, 9.17) is 37.0 Å². The molecule has 0 saturated heterocycles. The average Bonchev–Trinajstić information content (AvgIpc) is 1.22. The van der Waals surface area contributed by atoms with Gasteiger partial charge in [0.2, 0.25) is 0 Å². The second kappa shape index (κ2) is 69.5. The van der Waals surface area contributed by atoms with E-state index in [9.17, 15) is 43.2 Å². The van der Waals surface area contributed by atoms with E-state index in [1.54, 1.807) is 0 Å². The summed E-state index contributed by atoms with van der Waals surface area (Å²) in [6, 6.07) is 0. The van der Waals surface area contributed by atoms with E-state index in [1.807, 2.05) is 0 Å². The maximum absolute atomic E-state index is 13.1. The highest BCUT2D eigenvalue weighted by molar-refractivity contribution is 7.47. The molecule has 0 spiro atoms. The summed E-state index contributed by atoms with van der Waals surface area (Å²) in [7, 11) is -9.90. The van der Waals surface area contributed by atoms with Crippen molar-refractivity contribution in [2.75, 3.05) is 39.6 Å². The smallest absolute Gasteiger partial charge is 0.462 e. The molecule has 0 radical (unpaired) electrons. The lowest BCUT2D eigenvalue weighted by Crippen LogP contribution is -2.30. The van der Waals surface area contributed by atoms with Gasteiger partial charge in [0.1, 0.15) is 19.3 Å². The summed E-state index contributed by atoms with van der Waals surface area (Å²) in [5, 5.41) is 10.6. The molecule has 17 nitrogen and oxygen atoms in total. The van der Waals surface area contributed by atoms with Crippen LogP contribution in [0.3, 0.4) is 0 Å². The molecule has 558 valence electrons. The van der Waals surface area contributed by atoms with E-state index >= 15 is 0 Å². The quantitative estimate of drug-likeness (QED) is 0.0222. The first-order valence-electron chi connectivity index (χ1n) is 39.3. The minimum atomic E-state index is -4.95. The zero-order valence-corrected chi connectivity index (χ0v) is 62.7. The number of phosphoric acid groups is 2. The lowest BCUT2D eigenvalue weighted by Gasteiger charge is -2.21. The predicted octanol–water partition coefficient (Wildman–Crippen LogP) is 22.2. The third-order valence-corrected chi connectivity index (χ3v) is 19.5. The van der Waals surface area contributed by atoms with Gasteiger partial charge in [0.15, 0.2) is 12.2 Å². The van der Waals surface area contributed by atoms with Crippen LogP contribution in [0.15, 0.2) is 0 Å². The normalized spacial score (nSPS) is 13.9. The van der Waals surface area contributed by atoms with Gasteiger partial charge in [-0.25, -0.2) is 9.13 Å². The zero-order chi connectivity index (χ0) is 69.0. The fourth-order valence-corrected chi connectivity index (χ4v) is 13.2. The Bertz CT molecular complexity index is 1790. The number of unbranched alkanes of at least 4 members (excludes halogenated alkanes) is 50. The fraction of sp³-hybridized carbons (Fsp3) is 0.947. The molecular weight excluding hydrogens is 1230 g/mol. The molecule has 0 aromatic heterocycles. The summed E-state index contributed by atoms with van der Waals surface area (Å²) < 4.78 is 68.3. The first-order valence-corrected chi connectivity index (χ1v) is 42.3. The van der Waals surface area contributed by atoms with Gasteiger partial charge in [-0.2, -0.15) is 0 Å². The van der Waals surface area contributed by atoms with E-state index in [0.29, 0.717) is 25.7 Å². The van der Waals surface area contributed by atoms with Crippen molar-refractivity contribution in [3.8, 4) is 0 Å². The number of esters is 4.